The van der Waals surface area contributed by atoms with Crippen LogP contribution in [0.1, 0.15) is 19.3 Å². The van der Waals surface area contributed by atoms with Gasteiger partial charge in [-0.25, -0.2) is 0 Å². The molecule has 2 aliphatic rings. The topological polar surface area (TPSA) is 66.0 Å². The number of nitrogens with one attached hydrogen (secondary N) is 2. The van der Waals surface area contributed by atoms with Gasteiger partial charge in [0.05, 0.1) is 13.2 Å². The minimum Gasteiger partial charge on any atom is -0.497 e. The van der Waals surface area contributed by atoms with Crippen molar-refractivity contribution in [3.8, 4) is 5.75 Å². The predicted molar refractivity (Wildman–Crippen MR) is 124 cm³/mol. The third-order valence-corrected chi connectivity index (χ3v) is 6.00. The normalized spacial score (nSPS) is 21.0. The molecule has 0 spiro atoms. The van der Waals surface area contributed by atoms with Crippen LogP contribution in [0.4, 0.5) is 5.69 Å². The van der Waals surface area contributed by atoms with Crippen molar-refractivity contribution in [3.05, 3.63) is 24.3 Å². The number of anilines is 1. The largest absolute Gasteiger partial charge is 0.497 e. The second-order valence-corrected chi connectivity index (χ2v) is 7.98. The first-order valence-corrected chi connectivity index (χ1v) is 10.3. The van der Waals surface area contributed by atoms with Gasteiger partial charge in [0, 0.05) is 38.3 Å². The first-order valence-electron chi connectivity index (χ1n) is 9.19. The Bertz CT molecular complexity index is 652. The van der Waals surface area contributed by atoms with Gasteiger partial charge in [-0.15, -0.1) is 24.0 Å². The lowest BCUT2D eigenvalue weighted by atomic mass is 10.0. The Balaban J connectivity index is 0.00000261. The number of rotatable bonds is 5. The maximum Gasteiger partial charge on any atom is 0.229 e. The van der Waals surface area contributed by atoms with E-state index in [1.54, 1.807) is 14.2 Å². The molecule has 150 valence electrons. The zero-order valence-corrected chi connectivity index (χ0v) is 19.1. The van der Waals surface area contributed by atoms with E-state index in [2.05, 4.69) is 15.6 Å². The van der Waals surface area contributed by atoms with Gasteiger partial charge in [-0.1, -0.05) is 6.07 Å². The Kier molecular flexibility index (Phi) is 9.01. The van der Waals surface area contributed by atoms with Gasteiger partial charge in [-0.3, -0.25) is 9.79 Å². The Morgan fingerprint density at radius 3 is 2.85 bits per heavy atom. The number of aliphatic imine (C=N–C) groups is 1. The molecular weight excluding hydrogens is 475 g/mol. The van der Waals surface area contributed by atoms with Crippen molar-refractivity contribution in [1.82, 2.24) is 10.6 Å². The molecule has 27 heavy (non-hydrogen) atoms. The number of benzene rings is 1. The number of amides is 1. The zero-order valence-electron chi connectivity index (χ0n) is 15.9. The summed E-state index contributed by atoms with van der Waals surface area (Å²) in [5.41, 5.74) is 0.876. The standard InChI is InChI=1S/C19H28N4O2S.HI/c1-20-19(21-12-14-6-8-26-9-7-14)22-15-10-18(24)23(13-15)16-4-3-5-17(11-16)25-2;/h3-5,11,14-15H,6-10,12-13H2,1-2H3,(H2,20,21,22);1H. The number of hydrogen-bond acceptors (Lipinski definition) is 4. The summed E-state index contributed by atoms with van der Waals surface area (Å²) in [7, 11) is 3.42. The SMILES string of the molecule is CN=C(NCC1CCSCC1)NC1CC(=O)N(c2cccc(OC)c2)C1.I. The first-order chi connectivity index (χ1) is 12.7. The minimum absolute atomic E-state index is 0. The van der Waals surface area contributed by atoms with Gasteiger partial charge in [0.25, 0.3) is 0 Å². The fourth-order valence-corrected chi connectivity index (χ4v) is 4.62. The summed E-state index contributed by atoms with van der Waals surface area (Å²) in [4.78, 5) is 18.6. The first kappa shape index (κ1) is 22.1. The number of guanidine groups is 1. The fraction of sp³-hybridized carbons (Fsp3) is 0.579. The lowest BCUT2D eigenvalue weighted by molar-refractivity contribution is -0.117. The van der Waals surface area contributed by atoms with Gasteiger partial charge in [-0.05, 0) is 42.4 Å². The van der Waals surface area contributed by atoms with Crippen LogP contribution in [-0.4, -0.2) is 56.7 Å². The third-order valence-electron chi connectivity index (χ3n) is 4.95. The van der Waals surface area contributed by atoms with E-state index in [1.807, 2.05) is 40.9 Å². The number of nitrogens with zero attached hydrogens (tertiary/aromatic N) is 2. The Hall–Kier alpha value is -1.16. The summed E-state index contributed by atoms with van der Waals surface area (Å²) in [5, 5.41) is 6.84. The molecular formula is C19H29IN4O2S. The smallest absolute Gasteiger partial charge is 0.229 e. The highest BCUT2D eigenvalue weighted by Gasteiger charge is 2.31. The molecule has 1 atom stereocenters. The number of halogens is 1. The lowest BCUT2D eigenvalue weighted by Crippen LogP contribution is -2.46. The zero-order chi connectivity index (χ0) is 18.4. The van der Waals surface area contributed by atoms with E-state index in [0.717, 1.165) is 23.9 Å². The number of ether oxygens (including phenoxy) is 1. The highest BCUT2D eigenvalue weighted by molar-refractivity contribution is 14.0. The van der Waals surface area contributed by atoms with Gasteiger partial charge < -0.3 is 20.3 Å². The van der Waals surface area contributed by atoms with Crippen LogP contribution in [0.2, 0.25) is 0 Å². The number of methoxy groups -OCH3 is 1. The number of hydrogen-bond donors (Lipinski definition) is 2. The van der Waals surface area contributed by atoms with Crippen molar-refractivity contribution in [1.29, 1.82) is 0 Å². The quantitative estimate of drug-likeness (QED) is 0.367. The molecule has 2 N–H and O–H groups in total. The Morgan fingerprint density at radius 2 is 2.15 bits per heavy atom. The summed E-state index contributed by atoms with van der Waals surface area (Å²) in [6.07, 6.45) is 3.00. The van der Waals surface area contributed by atoms with Crippen LogP contribution in [0.25, 0.3) is 0 Å². The van der Waals surface area contributed by atoms with E-state index in [0.29, 0.717) is 18.9 Å². The molecule has 1 aromatic carbocycles. The highest BCUT2D eigenvalue weighted by Crippen LogP contribution is 2.25. The van der Waals surface area contributed by atoms with E-state index < -0.39 is 0 Å². The van der Waals surface area contributed by atoms with Gasteiger partial charge in [0.1, 0.15) is 5.75 Å². The second kappa shape index (κ2) is 11.0. The van der Waals surface area contributed by atoms with Crippen LogP contribution in [0.15, 0.2) is 29.3 Å². The molecule has 0 bridgehead atoms. The molecule has 0 saturated carbocycles. The van der Waals surface area contributed by atoms with Gasteiger partial charge in [-0.2, -0.15) is 11.8 Å². The van der Waals surface area contributed by atoms with Crippen LogP contribution in [0, 0.1) is 5.92 Å². The van der Waals surface area contributed by atoms with E-state index in [9.17, 15) is 4.79 Å². The molecule has 1 amide bonds. The molecule has 1 aromatic rings. The summed E-state index contributed by atoms with van der Waals surface area (Å²) in [6, 6.07) is 7.69. The molecule has 0 aromatic heterocycles. The van der Waals surface area contributed by atoms with Crippen molar-refractivity contribution >= 4 is 53.3 Å². The van der Waals surface area contributed by atoms with Crippen molar-refractivity contribution in [2.75, 3.05) is 43.7 Å². The van der Waals surface area contributed by atoms with Crippen molar-refractivity contribution in [2.24, 2.45) is 10.9 Å². The molecule has 0 aliphatic carbocycles. The maximum absolute atomic E-state index is 12.4. The van der Waals surface area contributed by atoms with Gasteiger partial charge in [0.2, 0.25) is 5.91 Å². The molecule has 3 rings (SSSR count). The van der Waals surface area contributed by atoms with E-state index in [-0.39, 0.29) is 35.9 Å². The van der Waals surface area contributed by atoms with Crippen molar-refractivity contribution < 1.29 is 9.53 Å². The van der Waals surface area contributed by atoms with E-state index in [4.69, 9.17) is 4.74 Å². The molecule has 0 radical (unpaired) electrons. The Morgan fingerprint density at radius 1 is 1.37 bits per heavy atom. The summed E-state index contributed by atoms with van der Waals surface area (Å²) in [6.45, 7) is 1.58. The molecule has 2 heterocycles. The summed E-state index contributed by atoms with van der Waals surface area (Å²) < 4.78 is 5.26. The summed E-state index contributed by atoms with van der Waals surface area (Å²) >= 11 is 2.04. The predicted octanol–water partition coefficient (Wildman–Crippen LogP) is 2.73. The molecule has 2 saturated heterocycles. The van der Waals surface area contributed by atoms with Crippen LogP contribution in [0.3, 0.4) is 0 Å². The fourth-order valence-electron chi connectivity index (χ4n) is 3.41. The average molecular weight is 504 g/mol. The molecule has 8 heteroatoms. The van der Waals surface area contributed by atoms with Crippen molar-refractivity contribution in [2.45, 2.75) is 25.3 Å². The van der Waals surface area contributed by atoms with E-state index >= 15 is 0 Å². The summed E-state index contributed by atoms with van der Waals surface area (Å²) in [5.74, 6) is 4.89. The van der Waals surface area contributed by atoms with Crippen LogP contribution < -0.4 is 20.3 Å². The molecule has 6 nitrogen and oxygen atoms in total. The molecule has 2 aliphatic heterocycles. The van der Waals surface area contributed by atoms with Crippen LogP contribution in [-0.2, 0) is 4.79 Å². The number of carbonyl (C=O) groups is 1. The second-order valence-electron chi connectivity index (χ2n) is 6.76. The van der Waals surface area contributed by atoms with Crippen LogP contribution in [0.5, 0.6) is 5.75 Å². The molecule has 1 unspecified atom stereocenters. The monoisotopic (exact) mass is 504 g/mol. The van der Waals surface area contributed by atoms with E-state index in [1.165, 1.54) is 24.3 Å². The third kappa shape index (κ3) is 6.17. The Labute approximate surface area is 182 Å². The van der Waals surface area contributed by atoms with Gasteiger partial charge in [0.15, 0.2) is 5.96 Å². The highest BCUT2D eigenvalue weighted by atomic mass is 127. The van der Waals surface area contributed by atoms with Crippen LogP contribution >= 0.6 is 35.7 Å². The number of thioether (sulfide) groups is 1. The lowest BCUT2D eigenvalue weighted by Gasteiger charge is -2.24. The number of carbonyl (C=O) groups excluding carboxylic acids is 1. The van der Waals surface area contributed by atoms with Gasteiger partial charge >= 0.3 is 0 Å². The maximum atomic E-state index is 12.4. The molecule has 2 fully saturated rings. The van der Waals surface area contributed by atoms with Crippen molar-refractivity contribution in [3.63, 3.8) is 0 Å². The minimum atomic E-state index is 0. The average Bonchev–Trinajstić information content (AvgIpc) is 3.06.